The van der Waals surface area contributed by atoms with Crippen LogP contribution in [0.1, 0.15) is 32.6 Å². The smallest absolute Gasteiger partial charge is 0.224 e. The van der Waals surface area contributed by atoms with Crippen LogP contribution in [-0.4, -0.2) is 49.6 Å². The Morgan fingerprint density at radius 2 is 2.24 bits per heavy atom. The van der Waals surface area contributed by atoms with Crippen molar-refractivity contribution < 1.29 is 4.79 Å². The van der Waals surface area contributed by atoms with Gasteiger partial charge in [-0.15, -0.1) is 0 Å². The van der Waals surface area contributed by atoms with E-state index in [9.17, 15) is 4.79 Å². The van der Waals surface area contributed by atoms with Crippen LogP contribution in [0.5, 0.6) is 0 Å². The van der Waals surface area contributed by atoms with E-state index in [0.717, 1.165) is 38.5 Å². The molecule has 17 heavy (non-hydrogen) atoms. The predicted octanol–water partition coefficient (Wildman–Crippen LogP) is 0.585. The van der Waals surface area contributed by atoms with Crippen molar-refractivity contribution in [2.75, 3.05) is 26.7 Å². The van der Waals surface area contributed by atoms with Crippen molar-refractivity contribution in [3.05, 3.63) is 0 Å². The lowest BCUT2D eigenvalue weighted by Gasteiger charge is -2.27. The van der Waals surface area contributed by atoms with Gasteiger partial charge in [-0.3, -0.25) is 9.69 Å². The number of carbonyl (C=O) groups excluding carboxylic acids is 1. The molecule has 1 amide bonds. The third-order valence-electron chi connectivity index (χ3n) is 4.06. The summed E-state index contributed by atoms with van der Waals surface area (Å²) in [5.74, 6) is 0.412. The second-order valence-corrected chi connectivity index (χ2v) is 5.53. The minimum absolute atomic E-state index is 0.183. The van der Waals surface area contributed by atoms with Crippen LogP contribution in [-0.2, 0) is 4.79 Å². The van der Waals surface area contributed by atoms with Crippen molar-refractivity contribution in [3.8, 4) is 0 Å². The van der Waals surface area contributed by atoms with Gasteiger partial charge in [-0.1, -0.05) is 0 Å². The highest BCUT2D eigenvalue weighted by Gasteiger charge is 2.29. The largest absolute Gasteiger partial charge is 0.354 e. The topological polar surface area (TPSA) is 44.4 Å². The maximum Gasteiger partial charge on any atom is 0.224 e. The molecule has 98 valence electrons. The first-order chi connectivity index (χ1) is 8.18. The van der Waals surface area contributed by atoms with Crippen molar-refractivity contribution in [2.45, 2.75) is 44.7 Å². The molecule has 0 radical (unpaired) electrons. The second kappa shape index (κ2) is 5.83. The van der Waals surface area contributed by atoms with E-state index in [1.54, 1.807) is 0 Å². The van der Waals surface area contributed by atoms with Gasteiger partial charge in [0, 0.05) is 25.2 Å². The van der Waals surface area contributed by atoms with Crippen LogP contribution in [0.2, 0.25) is 0 Å². The monoisotopic (exact) mass is 239 g/mol. The van der Waals surface area contributed by atoms with Gasteiger partial charge in [-0.25, -0.2) is 0 Å². The molecular weight excluding hydrogens is 214 g/mol. The summed E-state index contributed by atoms with van der Waals surface area (Å²) < 4.78 is 0. The number of carbonyl (C=O) groups is 1. The number of hydrogen-bond donors (Lipinski definition) is 2. The van der Waals surface area contributed by atoms with E-state index in [-0.39, 0.29) is 11.8 Å². The zero-order valence-electron chi connectivity index (χ0n) is 11.0. The molecule has 0 aromatic rings. The van der Waals surface area contributed by atoms with Crippen molar-refractivity contribution in [3.63, 3.8) is 0 Å². The molecule has 4 heteroatoms. The summed E-state index contributed by atoms with van der Waals surface area (Å²) in [7, 11) is 2.16. The number of nitrogens with one attached hydrogen (secondary N) is 2. The summed E-state index contributed by atoms with van der Waals surface area (Å²) in [5, 5.41) is 6.38. The molecule has 2 atom stereocenters. The van der Waals surface area contributed by atoms with E-state index in [2.05, 4.69) is 29.5 Å². The van der Waals surface area contributed by atoms with Crippen LogP contribution >= 0.6 is 0 Å². The van der Waals surface area contributed by atoms with E-state index >= 15 is 0 Å². The number of amides is 1. The Morgan fingerprint density at radius 1 is 1.47 bits per heavy atom. The molecule has 0 bridgehead atoms. The van der Waals surface area contributed by atoms with Gasteiger partial charge in [0.15, 0.2) is 0 Å². The molecule has 2 N–H and O–H groups in total. The maximum absolute atomic E-state index is 11.9. The summed E-state index contributed by atoms with van der Waals surface area (Å²) in [6, 6.07) is 1.21. The van der Waals surface area contributed by atoms with Gasteiger partial charge in [-0.2, -0.15) is 0 Å². The summed E-state index contributed by atoms with van der Waals surface area (Å²) in [4.78, 5) is 14.3. The number of nitrogens with zero attached hydrogens (tertiary/aromatic N) is 1. The lowest BCUT2D eigenvalue weighted by atomic mass is 9.99. The van der Waals surface area contributed by atoms with E-state index in [4.69, 9.17) is 0 Å². The Hall–Kier alpha value is -0.610. The lowest BCUT2D eigenvalue weighted by Crippen LogP contribution is -2.45. The van der Waals surface area contributed by atoms with E-state index in [0.29, 0.717) is 6.04 Å². The number of rotatable bonds is 5. The Morgan fingerprint density at radius 3 is 2.82 bits per heavy atom. The SMILES string of the molecule is CC(CNC(=O)C1CCCNC1)N(C)C1CC1. The summed E-state index contributed by atoms with van der Waals surface area (Å²) in [6.45, 7) is 4.88. The zero-order chi connectivity index (χ0) is 12.3. The number of hydrogen-bond acceptors (Lipinski definition) is 3. The van der Waals surface area contributed by atoms with Crippen LogP contribution in [0, 0.1) is 5.92 Å². The van der Waals surface area contributed by atoms with Gasteiger partial charge in [0.05, 0.1) is 5.92 Å². The number of likely N-dealkylation sites (N-methyl/N-ethyl adjacent to an activating group) is 1. The highest BCUT2D eigenvalue weighted by atomic mass is 16.1. The normalized spacial score (nSPS) is 26.9. The Balaban J connectivity index is 1.67. The highest BCUT2D eigenvalue weighted by molar-refractivity contribution is 5.79. The minimum Gasteiger partial charge on any atom is -0.354 e. The Kier molecular flexibility index (Phi) is 4.40. The zero-order valence-corrected chi connectivity index (χ0v) is 11.0. The van der Waals surface area contributed by atoms with E-state index in [1.807, 2.05) is 0 Å². The van der Waals surface area contributed by atoms with Gasteiger partial charge in [0.25, 0.3) is 0 Å². The van der Waals surface area contributed by atoms with Crippen molar-refractivity contribution in [2.24, 2.45) is 5.92 Å². The third-order valence-corrected chi connectivity index (χ3v) is 4.06. The Bertz CT molecular complexity index is 259. The molecule has 1 heterocycles. The van der Waals surface area contributed by atoms with Crippen LogP contribution in [0.4, 0.5) is 0 Å². The molecular formula is C13H25N3O. The molecule has 2 aliphatic rings. The average Bonchev–Trinajstić information content (AvgIpc) is 3.20. The van der Waals surface area contributed by atoms with E-state index in [1.165, 1.54) is 12.8 Å². The first-order valence-electron chi connectivity index (χ1n) is 6.89. The Labute approximate surface area is 104 Å². The summed E-state index contributed by atoms with van der Waals surface area (Å²) >= 11 is 0. The molecule has 2 fully saturated rings. The fourth-order valence-electron chi connectivity index (χ4n) is 2.45. The minimum atomic E-state index is 0.183. The van der Waals surface area contributed by atoms with Gasteiger partial charge < -0.3 is 10.6 Å². The van der Waals surface area contributed by atoms with Gasteiger partial charge in [-0.05, 0) is 46.2 Å². The van der Waals surface area contributed by atoms with Gasteiger partial charge in [0.1, 0.15) is 0 Å². The third kappa shape index (κ3) is 3.68. The molecule has 0 spiro atoms. The first kappa shape index (κ1) is 12.8. The fraction of sp³-hybridized carbons (Fsp3) is 0.923. The van der Waals surface area contributed by atoms with Crippen molar-refractivity contribution >= 4 is 5.91 Å². The highest BCUT2D eigenvalue weighted by Crippen LogP contribution is 2.26. The molecule has 0 aromatic heterocycles. The molecule has 2 unspecified atom stereocenters. The number of piperidine rings is 1. The molecule has 2 rings (SSSR count). The first-order valence-corrected chi connectivity index (χ1v) is 6.89. The van der Waals surface area contributed by atoms with E-state index < -0.39 is 0 Å². The molecule has 0 aromatic carbocycles. The second-order valence-electron chi connectivity index (χ2n) is 5.53. The van der Waals surface area contributed by atoms with Crippen LogP contribution in [0.25, 0.3) is 0 Å². The quantitative estimate of drug-likeness (QED) is 0.738. The fourth-order valence-corrected chi connectivity index (χ4v) is 2.45. The van der Waals surface area contributed by atoms with Crippen LogP contribution in [0.3, 0.4) is 0 Å². The summed E-state index contributed by atoms with van der Waals surface area (Å²) in [6.07, 6.45) is 4.80. The average molecular weight is 239 g/mol. The van der Waals surface area contributed by atoms with Crippen LogP contribution < -0.4 is 10.6 Å². The standard InChI is InChI=1S/C13H25N3O/c1-10(16(2)12-5-6-12)8-15-13(17)11-4-3-7-14-9-11/h10-12,14H,3-9H2,1-2H3,(H,15,17). The maximum atomic E-state index is 11.9. The lowest BCUT2D eigenvalue weighted by molar-refractivity contribution is -0.125. The molecule has 1 aliphatic heterocycles. The van der Waals surface area contributed by atoms with Crippen LogP contribution in [0.15, 0.2) is 0 Å². The molecule has 1 saturated heterocycles. The van der Waals surface area contributed by atoms with Gasteiger partial charge >= 0.3 is 0 Å². The summed E-state index contributed by atoms with van der Waals surface area (Å²) in [5.41, 5.74) is 0. The molecule has 1 saturated carbocycles. The van der Waals surface area contributed by atoms with Crippen molar-refractivity contribution in [1.82, 2.24) is 15.5 Å². The van der Waals surface area contributed by atoms with Crippen molar-refractivity contribution in [1.29, 1.82) is 0 Å². The predicted molar refractivity (Wildman–Crippen MR) is 68.9 cm³/mol. The van der Waals surface area contributed by atoms with Gasteiger partial charge in [0.2, 0.25) is 5.91 Å². The molecule has 1 aliphatic carbocycles. The molecule has 4 nitrogen and oxygen atoms in total.